The molecule has 0 radical (unpaired) electrons. The Kier molecular flexibility index (Phi) is 5.48. The van der Waals surface area contributed by atoms with Crippen LogP contribution in [0.15, 0.2) is 48.7 Å². The van der Waals surface area contributed by atoms with Crippen molar-refractivity contribution in [2.45, 2.75) is 0 Å². The minimum Gasteiger partial charge on any atom is -0.347 e. The summed E-state index contributed by atoms with van der Waals surface area (Å²) in [6.07, 6.45) is 4.78. The number of hydrogen-bond acceptors (Lipinski definition) is 5. The maximum absolute atomic E-state index is 12.3. The summed E-state index contributed by atoms with van der Waals surface area (Å²) in [6.45, 7) is 1.95. The fourth-order valence-corrected chi connectivity index (χ4v) is 3.00. The van der Waals surface area contributed by atoms with Gasteiger partial charge in [-0.2, -0.15) is 0 Å². The first-order chi connectivity index (χ1) is 12.5. The summed E-state index contributed by atoms with van der Waals surface area (Å²) in [5.74, 6) is 0.249. The summed E-state index contributed by atoms with van der Waals surface area (Å²) < 4.78 is 0. The molecule has 0 spiro atoms. The van der Waals surface area contributed by atoms with Crippen molar-refractivity contribution in [2.24, 2.45) is 0 Å². The highest BCUT2D eigenvalue weighted by atomic mass is 35.5. The second kappa shape index (κ2) is 7.97. The number of pyridine rings is 1. The Hall–Kier alpha value is -2.93. The van der Waals surface area contributed by atoms with E-state index in [0.29, 0.717) is 37.0 Å². The van der Waals surface area contributed by atoms with Crippen molar-refractivity contribution in [3.8, 4) is 0 Å². The van der Waals surface area contributed by atoms with E-state index >= 15 is 0 Å². The highest BCUT2D eigenvalue weighted by Crippen LogP contribution is 2.25. The van der Waals surface area contributed by atoms with Gasteiger partial charge >= 0.3 is 5.69 Å². The van der Waals surface area contributed by atoms with Crippen LogP contribution in [-0.4, -0.2) is 46.9 Å². The average Bonchev–Trinajstić information content (AvgIpc) is 2.66. The number of nitro groups is 1. The van der Waals surface area contributed by atoms with E-state index in [-0.39, 0.29) is 11.6 Å². The molecule has 3 rings (SSSR count). The molecule has 0 atom stereocenters. The lowest BCUT2D eigenvalue weighted by Gasteiger charge is -2.34. The standard InChI is InChI=1S/C18H17ClN4O3/c19-15-4-1-3-14(13-15)6-7-17(24)21-9-11-22(12-10-21)18-16(23(25)26)5-2-8-20-18/h1-8,13H,9-12H2. The molecule has 0 aliphatic carbocycles. The van der Waals surface area contributed by atoms with Crippen molar-refractivity contribution in [1.82, 2.24) is 9.88 Å². The molecule has 2 aromatic rings. The number of anilines is 1. The molecule has 0 N–H and O–H groups in total. The predicted molar refractivity (Wildman–Crippen MR) is 100 cm³/mol. The Bertz CT molecular complexity index is 848. The van der Waals surface area contributed by atoms with Crippen LogP contribution in [0.25, 0.3) is 6.08 Å². The number of carbonyl (C=O) groups is 1. The first-order valence-electron chi connectivity index (χ1n) is 8.11. The van der Waals surface area contributed by atoms with E-state index in [2.05, 4.69) is 4.98 Å². The normalized spacial score (nSPS) is 14.7. The number of nitrogens with zero attached hydrogens (tertiary/aromatic N) is 4. The molecule has 1 aromatic carbocycles. The summed E-state index contributed by atoms with van der Waals surface area (Å²) in [6, 6.07) is 10.2. The predicted octanol–water partition coefficient (Wildman–Crippen LogP) is 3.01. The molecule has 1 aliphatic rings. The van der Waals surface area contributed by atoms with Crippen molar-refractivity contribution in [3.05, 3.63) is 69.4 Å². The van der Waals surface area contributed by atoms with Crippen LogP contribution in [-0.2, 0) is 4.79 Å². The van der Waals surface area contributed by atoms with Gasteiger partial charge in [-0.1, -0.05) is 23.7 Å². The van der Waals surface area contributed by atoms with Crippen molar-refractivity contribution < 1.29 is 9.72 Å². The van der Waals surface area contributed by atoms with Crippen molar-refractivity contribution in [2.75, 3.05) is 31.1 Å². The SMILES string of the molecule is O=C(C=Cc1cccc(Cl)c1)N1CCN(c2ncccc2[N+](=O)[O-])CC1. The third-order valence-corrected chi connectivity index (χ3v) is 4.36. The van der Waals surface area contributed by atoms with Gasteiger partial charge in [0, 0.05) is 49.5 Å². The lowest BCUT2D eigenvalue weighted by molar-refractivity contribution is -0.384. The van der Waals surface area contributed by atoms with Gasteiger partial charge in [0.05, 0.1) is 4.92 Å². The summed E-state index contributed by atoms with van der Waals surface area (Å²) >= 11 is 5.93. The van der Waals surface area contributed by atoms with Crippen LogP contribution in [0.3, 0.4) is 0 Å². The molecule has 1 amide bonds. The number of amides is 1. The maximum Gasteiger partial charge on any atom is 0.311 e. The van der Waals surface area contributed by atoms with Crippen LogP contribution in [0.4, 0.5) is 11.5 Å². The number of halogens is 1. The first-order valence-corrected chi connectivity index (χ1v) is 8.49. The molecule has 0 unspecified atom stereocenters. The van der Waals surface area contributed by atoms with Gasteiger partial charge in [0.25, 0.3) is 0 Å². The summed E-state index contributed by atoms with van der Waals surface area (Å²) in [7, 11) is 0. The molecule has 1 aromatic heterocycles. The van der Waals surface area contributed by atoms with Gasteiger partial charge in [-0.15, -0.1) is 0 Å². The Balaban J connectivity index is 1.62. The first kappa shape index (κ1) is 17.9. The highest BCUT2D eigenvalue weighted by Gasteiger charge is 2.25. The highest BCUT2D eigenvalue weighted by molar-refractivity contribution is 6.30. The molecule has 2 heterocycles. The molecule has 8 heteroatoms. The molecular weight excluding hydrogens is 356 g/mol. The number of carbonyl (C=O) groups excluding carboxylic acids is 1. The maximum atomic E-state index is 12.3. The van der Waals surface area contributed by atoms with Crippen LogP contribution < -0.4 is 4.90 Å². The molecule has 1 aliphatic heterocycles. The fraction of sp³-hybridized carbons (Fsp3) is 0.222. The fourth-order valence-electron chi connectivity index (χ4n) is 2.80. The van der Waals surface area contributed by atoms with Crippen LogP contribution in [0.1, 0.15) is 5.56 Å². The van der Waals surface area contributed by atoms with Gasteiger partial charge in [-0.05, 0) is 29.8 Å². The average molecular weight is 373 g/mol. The molecule has 134 valence electrons. The van der Waals surface area contributed by atoms with E-state index in [9.17, 15) is 14.9 Å². The number of aromatic nitrogens is 1. The van der Waals surface area contributed by atoms with Gasteiger partial charge in [0.2, 0.25) is 11.7 Å². The molecule has 1 saturated heterocycles. The molecule has 7 nitrogen and oxygen atoms in total. The zero-order valence-electron chi connectivity index (χ0n) is 13.9. The summed E-state index contributed by atoms with van der Waals surface area (Å²) in [5, 5.41) is 11.8. The summed E-state index contributed by atoms with van der Waals surface area (Å²) in [5.41, 5.74) is 0.835. The number of rotatable bonds is 4. The number of hydrogen-bond donors (Lipinski definition) is 0. The van der Waals surface area contributed by atoms with E-state index in [1.807, 2.05) is 17.0 Å². The minimum absolute atomic E-state index is 0.0203. The smallest absolute Gasteiger partial charge is 0.311 e. The van der Waals surface area contributed by atoms with Crippen molar-refractivity contribution >= 4 is 35.1 Å². The lowest BCUT2D eigenvalue weighted by Crippen LogP contribution is -2.48. The van der Waals surface area contributed by atoms with E-state index in [1.54, 1.807) is 29.2 Å². The second-order valence-corrected chi connectivity index (χ2v) is 6.24. The Morgan fingerprint density at radius 2 is 1.96 bits per heavy atom. The number of benzene rings is 1. The largest absolute Gasteiger partial charge is 0.347 e. The quantitative estimate of drug-likeness (QED) is 0.468. The van der Waals surface area contributed by atoms with Crippen LogP contribution in [0.2, 0.25) is 5.02 Å². The molecule has 1 fully saturated rings. The van der Waals surface area contributed by atoms with Crippen molar-refractivity contribution in [3.63, 3.8) is 0 Å². The topological polar surface area (TPSA) is 79.6 Å². The van der Waals surface area contributed by atoms with Crippen LogP contribution >= 0.6 is 11.6 Å². The van der Waals surface area contributed by atoms with Gasteiger partial charge in [0.15, 0.2) is 0 Å². The van der Waals surface area contributed by atoms with Gasteiger partial charge in [0.1, 0.15) is 0 Å². The zero-order valence-corrected chi connectivity index (χ0v) is 14.7. The van der Waals surface area contributed by atoms with Gasteiger partial charge in [-0.25, -0.2) is 4.98 Å². The molecular formula is C18H17ClN4O3. The third kappa shape index (κ3) is 4.18. The van der Waals surface area contributed by atoms with E-state index in [4.69, 9.17) is 11.6 Å². The molecule has 0 saturated carbocycles. The Morgan fingerprint density at radius 3 is 2.65 bits per heavy atom. The Morgan fingerprint density at radius 1 is 1.19 bits per heavy atom. The second-order valence-electron chi connectivity index (χ2n) is 5.80. The monoisotopic (exact) mass is 372 g/mol. The minimum atomic E-state index is -0.437. The van der Waals surface area contributed by atoms with Gasteiger partial charge < -0.3 is 9.80 Å². The Labute approximate surface area is 155 Å². The van der Waals surface area contributed by atoms with E-state index in [1.165, 1.54) is 18.3 Å². The van der Waals surface area contributed by atoms with Crippen molar-refractivity contribution in [1.29, 1.82) is 0 Å². The molecule has 0 bridgehead atoms. The summed E-state index contributed by atoms with van der Waals surface area (Å²) in [4.78, 5) is 30.7. The third-order valence-electron chi connectivity index (χ3n) is 4.12. The zero-order chi connectivity index (χ0) is 18.5. The van der Waals surface area contributed by atoms with Gasteiger partial charge in [-0.3, -0.25) is 14.9 Å². The van der Waals surface area contributed by atoms with Crippen LogP contribution in [0.5, 0.6) is 0 Å². The number of piperazine rings is 1. The van der Waals surface area contributed by atoms with E-state index in [0.717, 1.165) is 5.56 Å². The lowest BCUT2D eigenvalue weighted by atomic mass is 10.2. The molecule has 26 heavy (non-hydrogen) atoms. The van der Waals surface area contributed by atoms with Crippen LogP contribution in [0, 0.1) is 10.1 Å². The van der Waals surface area contributed by atoms with E-state index < -0.39 is 4.92 Å².